The van der Waals surface area contributed by atoms with Gasteiger partial charge in [-0.05, 0) is 42.4 Å². The van der Waals surface area contributed by atoms with Crippen molar-refractivity contribution < 1.29 is 4.74 Å². The molecule has 0 spiro atoms. The van der Waals surface area contributed by atoms with Gasteiger partial charge in [0.15, 0.2) is 0 Å². The van der Waals surface area contributed by atoms with Crippen molar-refractivity contribution >= 4 is 11.6 Å². The van der Waals surface area contributed by atoms with Gasteiger partial charge in [0.25, 0.3) is 0 Å². The van der Waals surface area contributed by atoms with E-state index in [1.165, 1.54) is 18.4 Å². The third-order valence-electron chi connectivity index (χ3n) is 3.37. The van der Waals surface area contributed by atoms with Crippen LogP contribution in [0.2, 0.25) is 5.02 Å². The number of rotatable bonds is 2. The fourth-order valence-electron chi connectivity index (χ4n) is 2.25. The van der Waals surface area contributed by atoms with Crippen molar-refractivity contribution in [3.63, 3.8) is 0 Å². The summed E-state index contributed by atoms with van der Waals surface area (Å²) in [4.78, 5) is 0. The van der Waals surface area contributed by atoms with Gasteiger partial charge < -0.3 is 4.74 Å². The van der Waals surface area contributed by atoms with E-state index in [2.05, 4.69) is 19.1 Å². The molecule has 1 atom stereocenters. The second-order valence-electron chi connectivity index (χ2n) is 4.29. The van der Waals surface area contributed by atoms with Crippen LogP contribution in [-0.4, -0.2) is 13.2 Å². The molecular formula is C13H17ClO. The largest absolute Gasteiger partial charge is 0.381 e. The molecule has 1 aromatic rings. The molecule has 0 aromatic heterocycles. The van der Waals surface area contributed by atoms with E-state index in [-0.39, 0.29) is 0 Å². The highest BCUT2D eigenvalue weighted by atomic mass is 35.5. The summed E-state index contributed by atoms with van der Waals surface area (Å²) >= 11 is 5.88. The second-order valence-corrected chi connectivity index (χ2v) is 4.73. The molecule has 15 heavy (non-hydrogen) atoms. The molecular weight excluding hydrogens is 208 g/mol. The topological polar surface area (TPSA) is 9.23 Å². The van der Waals surface area contributed by atoms with Crippen LogP contribution >= 0.6 is 11.6 Å². The molecule has 1 aliphatic rings. The SMILES string of the molecule is CC(c1ccc(Cl)cc1)C1CCOCC1. The first-order chi connectivity index (χ1) is 7.27. The van der Waals surface area contributed by atoms with Gasteiger partial charge in [-0.3, -0.25) is 0 Å². The molecule has 0 bridgehead atoms. The van der Waals surface area contributed by atoms with Crippen molar-refractivity contribution in [2.75, 3.05) is 13.2 Å². The van der Waals surface area contributed by atoms with E-state index in [1.54, 1.807) is 0 Å². The lowest BCUT2D eigenvalue weighted by atomic mass is 9.83. The van der Waals surface area contributed by atoms with Gasteiger partial charge in [-0.15, -0.1) is 0 Å². The normalized spacial score (nSPS) is 20.1. The van der Waals surface area contributed by atoms with Crippen molar-refractivity contribution in [1.29, 1.82) is 0 Å². The predicted octanol–water partition coefficient (Wildman–Crippen LogP) is 3.87. The highest BCUT2D eigenvalue weighted by molar-refractivity contribution is 6.30. The lowest BCUT2D eigenvalue weighted by Gasteiger charge is -2.28. The van der Waals surface area contributed by atoms with Crippen LogP contribution in [0.15, 0.2) is 24.3 Å². The standard InChI is InChI=1S/C13H17ClO/c1-10(12-6-8-15-9-7-12)11-2-4-13(14)5-3-11/h2-5,10,12H,6-9H2,1H3. The van der Waals surface area contributed by atoms with E-state index in [4.69, 9.17) is 16.3 Å². The molecule has 0 amide bonds. The Morgan fingerprint density at radius 3 is 2.40 bits per heavy atom. The minimum atomic E-state index is 0.617. The van der Waals surface area contributed by atoms with Crippen LogP contribution in [0, 0.1) is 5.92 Å². The van der Waals surface area contributed by atoms with E-state index in [9.17, 15) is 0 Å². The summed E-state index contributed by atoms with van der Waals surface area (Å²) in [6, 6.07) is 8.24. The maximum Gasteiger partial charge on any atom is 0.0468 e. The molecule has 0 radical (unpaired) electrons. The predicted molar refractivity (Wildman–Crippen MR) is 63.4 cm³/mol. The summed E-state index contributed by atoms with van der Waals surface area (Å²) in [7, 11) is 0. The van der Waals surface area contributed by atoms with Crippen molar-refractivity contribution in [1.82, 2.24) is 0 Å². The van der Waals surface area contributed by atoms with E-state index in [1.807, 2.05) is 12.1 Å². The van der Waals surface area contributed by atoms with Crippen LogP contribution in [-0.2, 0) is 4.74 Å². The van der Waals surface area contributed by atoms with Crippen LogP contribution in [0.1, 0.15) is 31.2 Å². The van der Waals surface area contributed by atoms with Gasteiger partial charge in [0.05, 0.1) is 0 Å². The van der Waals surface area contributed by atoms with Gasteiger partial charge >= 0.3 is 0 Å². The van der Waals surface area contributed by atoms with E-state index in [0.717, 1.165) is 24.2 Å². The van der Waals surface area contributed by atoms with Gasteiger partial charge in [0, 0.05) is 18.2 Å². The number of benzene rings is 1. The summed E-state index contributed by atoms with van der Waals surface area (Å²) in [5.41, 5.74) is 1.39. The lowest BCUT2D eigenvalue weighted by Crippen LogP contribution is -2.20. The summed E-state index contributed by atoms with van der Waals surface area (Å²) in [6.45, 7) is 4.14. The first-order valence-corrected chi connectivity index (χ1v) is 5.98. The molecule has 0 aliphatic carbocycles. The molecule has 2 rings (SSSR count). The quantitative estimate of drug-likeness (QED) is 0.741. The van der Waals surface area contributed by atoms with Gasteiger partial charge in [-0.2, -0.15) is 0 Å². The molecule has 0 saturated carbocycles. The first kappa shape index (κ1) is 11.0. The van der Waals surface area contributed by atoms with E-state index >= 15 is 0 Å². The Bertz CT molecular complexity index is 301. The third-order valence-corrected chi connectivity index (χ3v) is 3.62. The smallest absolute Gasteiger partial charge is 0.0468 e. The van der Waals surface area contributed by atoms with Gasteiger partial charge in [0.2, 0.25) is 0 Å². The molecule has 1 aliphatic heterocycles. The number of ether oxygens (including phenoxy) is 1. The first-order valence-electron chi connectivity index (χ1n) is 5.60. The van der Waals surface area contributed by atoms with Gasteiger partial charge in [0.1, 0.15) is 0 Å². The summed E-state index contributed by atoms with van der Waals surface area (Å²) in [6.07, 6.45) is 2.37. The average molecular weight is 225 g/mol. The lowest BCUT2D eigenvalue weighted by molar-refractivity contribution is 0.0596. The summed E-state index contributed by atoms with van der Waals surface area (Å²) in [5.74, 6) is 1.38. The maximum absolute atomic E-state index is 5.88. The third kappa shape index (κ3) is 2.73. The molecule has 1 unspecified atom stereocenters. The molecule has 82 valence electrons. The van der Waals surface area contributed by atoms with E-state index in [0.29, 0.717) is 5.92 Å². The summed E-state index contributed by atoms with van der Waals surface area (Å²) in [5, 5.41) is 0.818. The molecule has 1 nitrogen and oxygen atoms in total. The zero-order chi connectivity index (χ0) is 10.7. The Labute approximate surface area is 96.4 Å². The number of hydrogen-bond donors (Lipinski definition) is 0. The van der Waals surface area contributed by atoms with Crippen LogP contribution in [0.5, 0.6) is 0 Å². The van der Waals surface area contributed by atoms with E-state index < -0.39 is 0 Å². The second kappa shape index (κ2) is 5.00. The Kier molecular flexibility index (Phi) is 3.66. The fraction of sp³-hybridized carbons (Fsp3) is 0.538. The van der Waals surface area contributed by atoms with Crippen molar-refractivity contribution in [2.24, 2.45) is 5.92 Å². The molecule has 1 aromatic carbocycles. The molecule has 2 heteroatoms. The van der Waals surface area contributed by atoms with Gasteiger partial charge in [-0.1, -0.05) is 30.7 Å². The Morgan fingerprint density at radius 2 is 1.80 bits per heavy atom. The maximum atomic E-state index is 5.88. The van der Waals surface area contributed by atoms with Crippen LogP contribution < -0.4 is 0 Å². The van der Waals surface area contributed by atoms with Crippen LogP contribution in [0.25, 0.3) is 0 Å². The minimum absolute atomic E-state index is 0.617. The zero-order valence-corrected chi connectivity index (χ0v) is 9.83. The fourth-order valence-corrected chi connectivity index (χ4v) is 2.38. The van der Waals surface area contributed by atoms with Crippen molar-refractivity contribution in [3.05, 3.63) is 34.9 Å². The van der Waals surface area contributed by atoms with Crippen molar-refractivity contribution in [3.8, 4) is 0 Å². The Morgan fingerprint density at radius 1 is 1.20 bits per heavy atom. The zero-order valence-electron chi connectivity index (χ0n) is 9.08. The highest BCUT2D eigenvalue weighted by Gasteiger charge is 2.21. The van der Waals surface area contributed by atoms with Gasteiger partial charge in [-0.25, -0.2) is 0 Å². The minimum Gasteiger partial charge on any atom is -0.381 e. The Hall–Kier alpha value is -0.530. The molecule has 1 fully saturated rings. The highest BCUT2D eigenvalue weighted by Crippen LogP contribution is 2.31. The molecule has 1 saturated heterocycles. The van der Waals surface area contributed by atoms with Crippen molar-refractivity contribution in [2.45, 2.75) is 25.7 Å². The Balaban J connectivity index is 2.05. The average Bonchev–Trinajstić information content (AvgIpc) is 2.30. The number of hydrogen-bond acceptors (Lipinski definition) is 1. The van der Waals surface area contributed by atoms with Crippen LogP contribution in [0.4, 0.5) is 0 Å². The molecule has 0 N–H and O–H groups in total. The summed E-state index contributed by atoms with van der Waals surface area (Å²) < 4.78 is 5.38. The molecule has 1 heterocycles. The monoisotopic (exact) mass is 224 g/mol. The number of halogens is 1. The van der Waals surface area contributed by atoms with Crippen LogP contribution in [0.3, 0.4) is 0 Å².